The second kappa shape index (κ2) is 5.14. The molecule has 0 aromatic rings. The lowest BCUT2D eigenvalue weighted by Crippen LogP contribution is -2.52. The van der Waals surface area contributed by atoms with E-state index in [1.165, 1.54) is 57.9 Å². The van der Waals surface area contributed by atoms with E-state index in [2.05, 4.69) is 37.5 Å². The minimum atomic E-state index is 0.452. The minimum Gasteiger partial charge on any atom is -0.371 e. The standard InChI is InChI=1S/C21H33N/c1-4-14-22-15-6-12-21(3)18-10-13-20(2)11-5-7-17(20)16(18)8-9-19(21)22/h4,9,16-18H,1,5-8,10-15H2,2-3H3/t16-,17-,18+,20-,21+/m0/s1. The van der Waals surface area contributed by atoms with Crippen molar-refractivity contribution in [1.82, 2.24) is 4.90 Å². The van der Waals surface area contributed by atoms with E-state index in [-0.39, 0.29) is 0 Å². The first-order valence-corrected chi connectivity index (χ1v) is 9.65. The summed E-state index contributed by atoms with van der Waals surface area (Å²) in [6.07, 6.45) is 16.3. The summed E-state index contributed by atoms with van der Waals surface area (Å²) in [5, 5.41) is 0. The third kappa shape index (κ3) is 1.96. The van der Waals surface area contributed by atoms with Crippen molar-refractivity contribution in [2.75, 3.05) is 13.1 Å². The van der Waals surface area contributed by atoms with E-state index in [1.54, 1.807) is 5.70 Å². The molecule has 0 spiro atoms. The van der Waals surface area contributed by atoms with Crippen LogP contribution in [0.3, 0.4) is 0 Å². The fraction of sp³-hybridized carbons (Fsp3) is 0.810. The molecule has 1 aliphatic heterocycles. The lowest BCUT2D eigenvalue weighted by atomic mass is 9.50. The van der Waals surface area contributed by atoms with Gasteiger partial charge in [-0.15, -0.1) is 6.58 Å². The lowest BCUT2D eigenvalue weighted by Gasteiger charge is -2.58. The summed E-state index contributed by atoms with van der Waals surface area (Å²) < 4.78 is 0. The number of piperidine rings is 1. The summed E-state index contributed by atoms with van der Waals surface area (Å²) >= 11 is 0. The Labute approximate surface area is 136 Å². The van der Waals surface area contributed by atoms with Crippen LogP contribution in [0.5, 0.6) is 0 Å². The maximum Gasteiger partial charge on any atom is 0.0354 e. The molecule has 0 bridgehead atoms. The summed E-state index contributed by atoms with van der Waals surface area (Å²) in [7, 11) is 0. The Kier molecular flexibility index (Phi) is 3.47. The van der Waals surface area contributed by atoms with E-state index in [9.17, 15) is 0 Å². The molecule has 0 unspecified atom stereocenters. The zero-order valence-corrected chi connectivity index (χ0v) is 14.6. The predicted octanol–water partition coefficient (Wildman–Crippen LogP) is 5.39. The van der Waals surface area contributed by atoms with Crippen molar-refractivity contribution < 1.29 is 0 Å². The molecular formula is C21H33N. The summed E-state index contributed by atoms with van der Waals surface area (Å²) in [5.41, 5.74) is 2.81. The van der Waals surface area contributed by atoms with Crippen LogP contribution < -0.4 is 0 Å². The molecule has 4 aliphatic rings. The maximum atomic E-state index is 3.98. The number of hydrogen-bond acceptors (Lipinski definition) is 1. The Hall–Kier alpha value is -0.720. The molecule has 22 heavy (non-hydrogen) atoms. The second-order valence-electron chi connectivity index (χ2n) is 9.04. The van der Waals surface area contributed by atoms with Crippen LogP contribution in [0.2, 0.25) is 0 Å². The zero-order valence-electron chi connectivity index (χ0n) is 14.6. The van der Waals surface area contributed by atoms with Crippen molar-refractivity contribution >= 4 is 0 Å². The van der Waals surface area contributed by atoms with Crippen LogP contribution in [-0.2, 0) is 0 Å². The number of nitrogens with zero attached hydrogens (tertiary/aromatic N) is 1. The van der Waals surface area contributed by atoms with Crippen molar-refractivity contribution in [1.29, 1.82) is 0 Å². The van der Waals surface area contributed by atoms with Crippen LogP contribution in [0.15, 0.2) is 24.4 Å². The third-order valence-corrected chi connectivity index (χ3v) is 8.02. The van der Waals surface area contributed by atoms with Crippen molar-refractivity contribution in [2.24, 2.45) is 28.6 Å². The molecule has 3 aliphatic carbocycles. The van der Waals surface area contributed by atoms with Gasteiger partial charge in [0.15, 0.2) is 0 Å². The van der Waals surface area contributed by atoms with Crippen molar-refractivity contribution in [2.45, 2.75) is 65.2 Å². The quantitative estimate of drug-likeness (QED) is 0.617. The molecule has 2 saturated carbocycles. The highest BCUT2D eigenvalue weighted by Gasteiger charge is 2.56. The van der Waals surface area contributed by atoms with Gasteiger partial charge in [0, 0.05) is 24.2 Å². The molecule has 1 heteroatoms. The summed E-state index contributed by atoms with van der Waals surface area (Å²) in [4.78, 5) is 2.63. The van der Waals surface area contributed by atoms with Gasteiger partial charge in [0.05, 0.1) is 0 Å². The molecular weight excluding hydrogens is 266 g/mol. The number of fused-ring (bicyclic) bond motifs is 5. The van der Waals surface area contributed by atoms with Crippen molar-refractivity contribution in [3.63, 3.8) is 0 Å². The fourth-order valence-corrected chi connectivity index (χ4v) is 6.98. The van der Waals surface area contributed by atoms with Crippen LogP contribution in [0.4, 0.5) is 0 Å². The van der Waals surface area contributed by atoms with Gasteiger partial charge in [-0.1, -0.05) is 32.4 Å². The Morgan fingerprint density at radius 3 is 2.86 bits per heavy atom. The highest BCUT2D eigenvalue weighted by Crippen LogP contribution is 2.64. The van der Waals surface area contributed by atoms with E-state index in [1.807, 2.05) is 0 Å². The predicted molar refractivity (Wildman–Crippen MR) is 93.5 cm³/mol. The van der Waals surface area contributed by atoms with Gasteiger partial charge >= 0.3 is 0 Å². The molecule has 0 aromatic carbocycles. The van der Waals surface area contributed by atoms with E-state index < -0.39 is 0 Å². The maximum absolute atomic E-state index is 3.98. The number of rotatable bonds is 2. The molecule has 4 rings (SSSR count). The molecule has 3 fully saturated rings. The first-order valence-electron chi connectivity index (χ1n) is 9.65. The Bertz CT molecular complexity index is 492. The van der Waals surface area contributed by atoms with Crippen LogP contribution in [0.25, 0.3) is 0 Å². The summed E-state index contributed by atoms with van der Waals surface area (Å²) in [6.45, 7) is 11.5. The Morgan fingerprint density at radius 2 is 2.05 bits per heavy atom. The van der Waals surface area contributed by atoms with Gasteiger partial charge < -0.3 is 4.90 Å². The SMILES string of the molecule is C=CCN1CCC[C@@]2(C)C1=CC[C@@H]1[C@H]2CC[C@]2(C)CCC[C@@H]12. The van der Waals surface area contributed by atoms with Gasteiger partial charge in [-0.3, -0.25) is 0 Å². The Morgan fingerprint density at radius 1 is 1.18 bits per heavy atom. The van der Waals surface area contributed by atoms with E-state index in [0.717, 1.165) is 24.3 Å². The largest absolute Gasteiger partial charge is 0.371 e. The second-order valence-corrected chi connectivity index (χ2v) is 9.04. The van der Waals surface area contributed by atoms with Crippen molar-refractivity contribution in [3.05, 3.63) is 24.4 Å². The Balaban J connectivity index is 1.68. The van der Waals surface area contributed by atoms with E-state index in [4.69, 9.17) is 0 Å². The third-order valence-electron chi connectivity index (χ3n) is 8.02. The lowest BCUT2D eigenvalue weighted by molar-refractivity contribution is -0.0396. The normalized spacial score (nSPS) is 47.3. The first kappa shape index (κ1) is 14.8. The van der Waals surface area contributed by atoms with Gasteiger partial charge in [0.25, 0.3) is 0 Å². The first-order chi connectivity index (χ1) is 10.6. The van der Waals surface area contributed by atoms with Gasteiger partial charge in [-0.25, -0.2) is 0 Å². The monoisotopic (exact) mass is 299 g/mol. The molecule has 5 atom stereocenters. The molecule has 1 nitrogen and oxygen atoms in total. The molecule has 1 heterocycles. The van der Waals surface area contributed by atoms with E-state index in [0.29, 0.717) is 10.8 Å². The van der Waals surface area contributed by atoms with Crippen LogP contribution >= 0.6 is 0 Å². The van der Waals surface area contributed by atoms with Gasteiger partial charge in [0.1, 0.15) is 0 Å². The van der Waals surface area contributed by atoms with Crippen LogP contribution in [0, 0.1) is 28.6 Å². The van der Waals surface area contributed by atoms with Crippen molar-refractivity contribution in [3.8, 4) is 0 Å². The highest BCUT2D eigenvalue weighted by atomic mass is 15.2. The fourth-order valence-electron chi connectivity index (χ4n) is 6.98. The number of likely N-dealkylation sites (tertiary alicyclic amines) is 1. The average Bonchev–Trinajstić information content (AvgIpc) is 2.89. The summed E-state index contributed by atoms with van der Waals surface area (Å²) in [5.74, 6) is 2.92. The number of hydrogen-bond donors (Lipinski definition) is 0. The molecule has 0 aromatic heterocycles. The van der Waals surface area contributed by atoms with Crippen LogP contribution in [0.1, 0.15) is 65.2 Å². The molecule has 1 saturated heterocycles. The minimum absolute atomic E-state index is 0.452. The topological polar surface area (TPSA) is 3.24 Å². The molecule has 122 valence electrons. The van der Waals surface area contributed by atoms with Gasteiger partial charge in [-0.2, -0.15) is 0 Å². The molecule has 0 N–H and O–H groups in total. The molecule has 0 radical (unpaired) electrons. The van der Waals surface area contributed by atoms with Gasteiger partial charge in [0.2, 0.25) is 0 Å². The molecule has 0 amide bonds. The zero-order chi connectivity index (χ0) is 15.4. The van der Waals surface area contributed by atoms with Crippen LogP contribution in [-0.4, -0.2) is 18.0 Å². The van der Waals surface area contributed by atoms with E-state index >= 15 is 0 Å². The number of allylic oxidation sites excluding steroid dienone is 2. The average molecular weight is 300 g/mol. The highest BCUT2D eigenvalue weighted by molar-refractivity contribution is 5.24. The summed E-state index contributed by atoms with van der Waals surface area (Å²) in [6, 6.07) is 0. The smallest absolute Gasteiger partial charge is 0.0354 e. The van der Waals surface area contributed by atoms with Gasteiger partial charge in [-0.05, 0) is 68.1 Å².